The highest BCUT2D eigenvalue weighted by molar-refractivity contribution is 7.15. The number of fused-ring (bicyclic) bond motifs is 1. The summed E-state index contributed by atoms with van der Waals surface area (Å²) in [5.41, 5.74) is 3.67. The Balaban J connectivity index is 1.52. The summed E-state index contributed by atoms with van der Waals surface area (Å²) in [4.78, 5) is 15.1. The Morgan fingerprint density at radius 2 is 2.19 bits per heavy atom. The molecular formula is C21H19NO4S. The van der Waals surface area contributed by atoms with Gasteiger partial charge in [-0.25, -0.2) is 9.78 Å². The predicted molar refractivity (Wildman–Crippen MR) is 103 cm³/mol. The number of hydrogen-bond acceptors (Lipinski definition) is 5. The number of aromatic carboxylic acids is 1. The highest BCUT2D eigenvalue weighted by atomic mass is 32.1. The van der Waals surface area contributed by atoms with Crippen LogP contribution in [0.2, 0.25) is 0 Å². The smallest absolute Gasteiger partial charge is 0.347 e. The van der Waals surface area contributed by atoms with Crippen LogP contribution in [0.3, 0.4) is 0 Å². The number of ether oxygens (including phenoxy) is 2. The van der Waals surface area contributed by atoms with Crippen molar-refractivity contribution in [1.82, 2.24) is 4.98 Å². The Bertz CT molecular complexity index is 982. The Kier molecular flexibility index (Phi) is 4.81. The minimum Gasteiger partial charge on any atom is -0.485 e. The van der Waals surface area contributed by atoms with Gasteiger partial charge in [0.1, 0.15) is 22.5 Å². The normalized spacial score (nSPS) is 15.7. The van der Waals surface area contributed by atoms with Gasteiger partial charge >= 0.3 is 5.97 Å². The molecule has 1 N–H and O–H groups in total. The van der Waals surface area contributed by atoms with Crippen LogP contribution in [-0.2, 0) is 12.8 Å². The zero-order chi connectivity index (χ0) is 18.8. The van der Waals surface area contributed by atoms with E-state index >= 15 is 0 Å². The molecule has 1 atom stereocenters. The first-order chi connectivity index (χ1) is 13.1. The van der Waals surface area contributed by atoms with Crippen LogP contribution in [0.4, 0.5) is 0 Å². The average Bonchev–Trinajstić information content (AvgIpc) is 3.16. The van der Waals surface area contributed by atoms with Gasteiger partial charge in [0, 0.05) is 0 Å². The molecule has 0 amide bonds. The van der Waals surface area contributed by atoms with Gasteiger partial charge in [-0.3, -0.25) is 0 Å². The first-order valence-electron chi connectivity index (χ1n) is 8.88. The van der Waals surface area contributed by atoms with Crippen LogP contribution in [0.25, 0.3) is 0 Å². The van der Waals surface area contributed by atoms with Crippen molar-refractivity contribution in [3.8, 4) is 16.7 Å². The van der Waals surface area contributed by atoms with E-state index in [9.17, 15) is 4.79 Å². The molecule has 2 aromatic carbocycles. The number of thiazole rings is 1. The summed E-state index contributed by atoms with van der Waals surface area (Å²) in [5, 5.41) is 9.30. The van der Waals surface area contributed by atoms with Crippen molar-refractivity contribution in [2.24, 2.45) is 0 Å². The number of hydrogen-bond donors (Lipinski definition) is 1. The summed E-state index contributed by atoms with van der Waals surface area (Å²) in [6.07, 6.45) is 4.17. The third kappa shape index (κ3) is 3.66. The first-order valence-corrected chi connectivity index (χ1v) is 9.70. The fraction of sp³-hybridized carbons (Fsp3) is 0.238. The van der Waals surface area contributed by atoms with Crippen LogP contribution in [0.5, 0.6) is 16.7 Å². The molecule has 6 heteroatoms. The van der Waals surface area contributed by atoms with E-state index in [0.29, 0.717) is 10.9 Å². The molecule has 3 aromatic rings. The highest BCUT2D eigenvalue weighted by Crippen LogP contribution is 2.38. The Morgan fingerprint density at radius 3 is 2.96 bits per heavy atom. The molecule has 0 radical (unpaired) electrons. The Hall–Kier alpha value is -2.86. The number of rotatable bonds is 5. The predicted octanol–water partition coefficient (Wildman–Crippen LogP) is 5.26. The van der Waals surface area contributed by atoms with Gasteiger partial charge in [-0.05, 0) is 54.2 Å². The molecule has 0 fully saturated rings. The lowest BCUT2D eigenvalue weighted by Gasteiger charge is -2.28. The molecule has 1 aliphatic heterocycles. The topological polar surface area (TPSA) is 68.7 Å². The van der Waals surface area contributed by atoms with Gasteiger partial charge in [0.15, 0.2) is 0 Å². The largest absolute Gasteiger partial charge is 0.485 e. The van der Waals surface area contributed by atoms with E-state index in [1.54, 1.807) is 0 Å². The monoisotopic (exact) mass is 381 g/mol. The van der Waals surface area contributed by atoms with Crippen molar-refractivity contribution in [3.05, 3.63) is 70.2 Å². The molecule has 0 saturated heterocycles. The molecule has 1 aliphatic rings. The first kappa shape index (κ1) is 17.5. The molecule has 27 heavy (non-hydrogen) atoms. The molecule has 138 valence electrons. The second-order valence-electron chi connectivity index (χ2n) is 6.36. The minimum atomic E-state index is -1.00. The molecule has 0 bridgehead atoms. The molecule has 1 aromatic heterocycles. The SMILES string of the molecule is CCc1ccccc1C1CCc2cc(Oc3ncc(C(=O)O)s3)ccc2O1. The fourth-order valence-corrected chi connectivity index (χ4v) is 3.95. The van der Waals surface area contributed by atoms with Crippen LogP contribution in [-0.4, -0.2) is 16.1 Å². The van der Waals surface area contributed by atoms with Gasteiger partial charge in [-0.1, -0.05) is 42.5 Å². The summed E-state index contributed by atoms with van der Waals surface area (Å²) in [7, 11) is 0. The van der Waals surface area contributed by atoms with Crippen LogP contribution in [0, 0.1) is 0 Å². The molecule has 2 heterocycles. The lowest BCUT2D eigenvalue weighted by atomic mass is 9.93. The van der Waals surface area contributed by atoms with E-state index in [4.69, 9.17) is 14.6 Å². The number of aryl methyl sites for hydroxylation is 2. The van der Waals surface area contributed by atoms with Crippen LogP contribution < -0.4 is 9.47 Å². The van der Waals surface area contributed by atoms with Crippen LogP contribution in [0.1, 0.15) is 45.8 Å². The van der Waals surface area contributed by atoms with Gasteiger partial charge in [0.2, 0.25) is 0 Å². The Morgan fingerprint density at radius 1 is 1.33 bits per heavy atom. The lowest BCUT2D eigenvalue weighted by molar-refractivity contribution is 0.0702. The van der Waals surface area contributed by atoms with Gasteiger partial charge in [0.05, 0.1) is 6.20 Å². The van der Waals surface area contributed by atoms with Crippen molar-refractivity contribution in [1.29, 1.82) is 0 Å². The van der Waals surface area contributed by atoms with Crippen molar-refractivity contribution in [2.45, 2.75) is 32.3 Å². The summed E-state index contributed by atoms with van der Waals surface area (Å²) < 4.78 is 12.0. The lowest BCUT2D eigenvalue weighted by Crippen LogP contribution is -2.16. The van der Waals surface area contributed by atoms with E-state index in [1.807, 2.05) is 18.2 Å². The van der Waals surface area contributed by atoms with Gasteiger partial charge in [0.25, 0.3) is 5.19 Å². The van der Waals surface area contributed by atoms with E-state index in [1.165, 1.54) is 17.3 Å². The van der Waals surface area contributed by atoms with E-state index in [-0.39, 0.29) is 11.0 Å². The number of benzene rings is 2. The minimum absolute atomic E-state index is 0.0671. The maximum atomic E-state index is 10.9. The maximum absolute atomic E-state index is 10.9. The summed E-state index contributed by atoms with van der Waals surface area (Å²) in [6, 6.07) is 14.1. The molecule has 4 rings (SSSR count). The summed E-state index contributed by atoms with van der Waals surface area (Å²) >= 11 is 1.01. The summed E-state index contributed by atoms with van der Waals surface area (Å²) in [6.45, 7) is 2.16. The van der Waals surface area contributed by atoms with E-state index in [2.05, 4.69) is 36.2 Å². The quantitative estimate of drug-likeness (QED) is 0.653. The number of aromatic nitrogens is 1. The van der Waals surface area contributed by atoms with Crippen LogP contribution >= 0.6 is 11.3 Å². The molecular weight excluding hydrogens is 362 g/mol. The number of carboxylic acid groups (broad SMARTS) is 1. The standard InChI is InChI=1S/C21H19NO4S/c1-2-13-5-3-4-6-16(13)18-9-7-14-11-15(8-10-17(14)26-18)25-21-22-12-19(27-21)20(23)24/h3-6,8,10-12,18H,2,7,9H2,1H3,(H,23,24). The number of carbonyl (C=O) groups is 1. The second kappa shape index (κ2) is 7.40. The van der Waals surface area contributed by atoms with Crippen LogP contribution in [0.15, 0.2) is 48.7 Å². The molecule has 1 unspecified atom stereocenters. The Labute approximate surface area is 161 Å². The molecule has 0 spiro atoms. The molecule has 0 saturated carbocycles. The third-order valence-electron chi connectivity index (χ3n) is 4.66. The van der Waals surface area contributed by atoms with Gasteiger partial charge < -0.3 is 14.6 Å². The second-order valence-corrected chi connectivity index (χ2v) is 7.36. The zero-order valence-electron chi connectivity index (χ0n) is 14.8. The van der Waals surface area contributed by atoms with Gasteiger partial charge in [-0.2, -0.15) is 0 Å². The highest BCUT2D eigenvalue weighted by Gasteiger charge is 2.23. The van der Waals surface area contributed by atoms with Crippen molar-refractivity contribution < 1.29 is 19.4 Å². The molecule has 5 nitrogen and oxygen atoms in total. The molecule has 0 aliphatic carbocycles. The number of nitrogens with zero attached hydrogens (tertiary/aromatic N) is 1. The average molecular weight is 381 g/mol. The number of carboxylic acids is 1. The zero-order valence-corrected chi connectivity index (χ0v) is 15.7. The van der Waals surface area contributed by atoms with Crippen molar-refractivity contribution in [2.75, 3.05) is 0 Å². The van der Waals surface area contributed by atoms with Gasteiger partial charge in [-0.15, -0.1) is 0 Å². The third-order valence-corrected chi connectivity index (χ3v) is 5.52. The summed E-state index contributed by atoms with van der Waals surface area (Å²) in [5.74, 6) is 0.505. The van der Waals surface area contributed by atoms with Crippen molar-refractivity contribution in [3.63, 3.8) is 0 Å². The van der Waals surface area contributed by atoms with Crippen molar-refractivity contribution >= 4 is 17.3 Å². The van der Waals surface area contributed by atoms with E-state index < -0.39 is 5.97 Å². The fourth-order valence-electron chi connectivity index (χ4n) is 3.32. The van der Waals surface area contributed by atoms with E-state index in [0.717, 1.165) is 41.9 Å². The maximum Gasteiger partial charge on any atom is 0.347 e.